The molecule has 1 aromatic rings. The van der Waals surface area contributed by atoms with E-state index in [0.29, 0.717) is 12.5 Å². The highest BCUT2D eigenvalue weighted by Crippen LogP contribution is 2.18. The third kappa shape index (κ3) is 4.31. The van der Waals surface area contributed by atoms with Crippen LogP contribution in [-0.2, 0) is 11.3 Å². The zero-order valence-electron chi connectivity index (χ0n) is 9.45. The fourth-order valence-electron chi connectivity index (χ4n) is 1.44. The molecule has 4 heteroatoms. The molecule has 16 heavy (non-hydrogen) atoms. The highest BCUT2D eigenvalue weighted by molar-refractivity contribution is 5.76. The lowest BCUT2D eigenvalue weighted by Crippen LogP contribution is -3.00. The van der Waals surface area contributed by atoms with Gasteiger partial charge in [0, 0.05) is 18.2 Å². The second-order valence-corrected chi connectivity index (χ2v) is 4.21. The molecule has 3 nitrogen and oxygen atoms in total. The van der Waals surface area contributed by atoms with Gasteiger partial charge < -0.3 is 22.3 Å². The maximum atomic E-state index is 11.4. The van der Waals surface area contributed by atoms with Crippen LogP contribution >= 0.6 is 0 Å². The molecule has 1 aliphatic rings. The first-order valence-corrected chi connectivity index (χ1v) is 5.49. The number of carbonyl (C=O) groups excluding carboxylic acids is 1. The molecule has 0 saturated heterocycles. The molecule has 0 atom stereocenters. The van der Waals surface area contributed by atoms with Gasteiger partial charge in [0.2, 0.25) is 5.91 Å². The first-order chi connectivity index (χ1) is 7.24. The number of nitrogens with one attached hydrogen (secondary N) is 1. The molecule has 0 aromatic carbocycles. The van der Waals surface area contributed by atoms with Gasteiger partial charge in [0.05, 0.1) is 6.42 Å². The second-order valence-electron chi connectivity index (χ2n) is 4.21. The number of hydrogen-bond acceptors (Lipinski definition) is 1. The SMILES string of the molecule is Cc1cc[n+](CCC(=O)NC2CC2)cc1.[Br-]. The lowest BCUT2D eigenvalue weighted by molar-refractivity contribution is -0.695. The molecule has 1 aliphatic carbocycles. The Morgan fingerprint density at radius 2 is 2.06 bits per heavy atom. The van der Waals surface area contributed by atoms with Gasteiger partial charge in [-0.15, -0.1) is 0 Å². The van der Waals surface area contributed by atoms with Crippen molar-refractivity contribution >= 4 is 5.91 Å². The minimum absolute atomic E-state index is 0. The zero-order valence-corrected chi connectivity index (χ0v) is 11.0. The average Bonchev–Trinajstić information content (AvgIpc) is 3.01. The van der Waals surface area contributed by atoms with Gasteiger partial charge in [-0.05, 0) is 25.3 Å². The fraction of sp³-hybridized carbons (Fsp3) is 0.500. The van der Waals surface area contributed by atoms with Gasteiger partial charge in [0.15, 0.2) is 18.9 Å². The van der Waals surface area contributed by atoms with Gasteiger partial charge in [-0.1, -0.05) is 0 Å². The van der Waals surface area contributed by atoms with Crippen LogP contribution in [0.1, 0.15) is 24.8 Å². The third-order valence-corrected chi connectivity index (χ3v) is 2.60. The summed E-state index contributed by atoms with van der Waals surface area (Å²) >= 11 is 0. The Hall–Kier alpha value is -0.900. The molecule has 0 aliphatic heterocycles. The van der Waals surface area contributed by atoms with Crippen molar-refractivity contribution in [2.75, 3.05) is 0 Å². The number of rotatable bonds is 4. The van der Waals surface area contributed by atoms with E-state index >= 15 is 0 Å². The summed E-state index contributed by atoms with van der Waals surface area (Å²) in [6.45, 7) is 2.82. The third-order valence-electron chi connectivity index (χ3n) is 2.60. The molecular weight excluding hydrogens is 268 g/mol. The Morgan fingerprint density at radius 1 is 1.44 bits per heavy atom. The van der Waals surface area contributed by atoms with Crippen LogP contribution in [-0.4, -0.2) is 11.9 Å². The zero-order chi connectivity index (χ0) is 10.7. The van der Waals surface area contributed by atoms with Crippen LogP contribution in [0.5, 0.6) is 0 Å². The van der Waals surface area contributed by atoms with E-state index in [-0.39, 0.29) is 22.9 Å². The molecule has 0 spiro atoms. The van der Waals surface area contributed by atoms with Crippen molar-refractivity contribution in [3.8, 4) is 0 Å². The van der Waals surface area contributed by atoms with Crippen LogP contribution in [0.3, 0.4) is 0 Å². The number of carbonyl (C=O) groups is 1. The van der Waals surface area contributed by atoms with Gasteiger partial charge in [0.1, 0.15) is 0 Å². The molecule has 2 rings (SSSR count). The predicted molar refractivity (Wildman–Crippen MR) is 57.2 cm³/mol. The predicted octanol–water partition coefficient (Wildman–Crippen LogP) is -2.04. The normalized spacial score (nSPS) is 14.1. The molecule has 1 heterocycles. The van der Waals surface area contributed by atoms with E-state index in [0.717, 1.165) is 19.4 Å². The number of aryl methyl sites for hydroxylation is 2. The monoisotopic (exact) mass is 284 g/mol. The quantitative estimate of drug-likeness (QED) is 0.635. The highest BCUT2D eigenvalue weighted by Gasteiger charge is 2.23. The summed E-state index contributed by atoms with van der Waals surface area (Å²) in [5.74, 6) is 0.172. The van der Waals surface area contributed by atoms with Crippen molar-refractivity contribution in [1.29, 1.82) is 0 Å². The van der Waals surface area contributed by atoms with Gasteiger partial charge in [0.25, 0.3) is 0 Å². The van der Waals surface area contributed by atoms with Crippen molar-refractivity contribution in [1.82, 2.24) is 5.32 Å². The van der Waals surface area contributed by atoms with Crippen LogP contribution in [0.4, 0.5) is 0 Å². The van der Waals surface area contributed by atoms with E-state index in [1.54, 1.807) is 0 Å². The van der Waals surface area contributed by atoms with Crippen LogP contribution in [0, 0.1) is 6.92 Å². The van der Waals surface area contributed by atoms with E-state index in [9.17, 15) is 4.79 Å². The van der Waals surface area contributed by atoms with Gasteiger partial charge in [-0.25, -0.2) is 4.57 Å². The average molecular weight is 285 g/mol. The first-order valence-electron chi connectivity index (χ1n) is 5.49. The second kappa shape index (κ2) is 5.99. The minimum Gasteiger partial charge on any atom is -1.00 e. The Morgan fingerprint density at radius 3 is 2.62 bits per heavy atom. The molecule has 1 amide bonds. The summed E-state index contributed by atoms with van der Waals surface area (Å²) in [4.78, 5) is 11.4. The van der Waals surface area contributed by atoms with E-state index in [2.05, 4.69) is 24.4 Å². The minimum atomic E-state index is 0. The number of amides is 1. The number of nitrogens with zero attached hydrogens (tertiary/aromatic N) is 1. The summed E-state index contributed by atoms with van der Waals surface area (Å²) in [5.41, 5.74) is 1.24. The molecule has 1 fully saturated rings. The van der Waals surface area contributed by atoms with Crippen molar-refractivity contribution in [3.63, 3.8) is 0 Å². The number of halogens is 1. The number of hydrogen-bond donors (Lipinski definition) is 1. The number of pyridine rings is 1. The standard InChI is InChI=1S/C12H16N2O.BrH/c1-10-4-7-14(8-5-10)9-6-12(15)13-11-2-3-11;/h4-5,7-8,11H,2-3,6,9H2,1H3;1H. The maximum Gasteiger partial charge on any atom is 0.226 e. The lowest BCUT2D eigenvalue weighted by atomic mass is 10.3. The molecule has 1 aromatic heterocycles. The highest BCUT2D eigenvalue weighted by atomic mass is 79.9. The Balaban J connectivity index is 0.00000128. The van der Waals surface area contributed by atoms with E-state index in [4.69, 9.17) is 0 Å². The summed E-state index contributed by atoms with van der Waals surface area (Å²) < 4.78 is 2.04. The smallest absolute Gasteiger partial charge is 0.226 e. The molecule has 88 valence electrons. The lowest BCUT2D eigenvalue weighted by Gasteiger charge is -2.00. The molecule has 1 saturated carbocycles. The van der Waals surface area contributed by atoms with Crippen molar-refractivity contribution in [2.24, 2.45) is 0 Å². The van der Waals surface area contributed by atoms with Gasteiger partial charge in [-0.3, -0.25) is 4.79 Å². The van der Waals surface area contributed by atoms with E-state index in [1.165, 1.54) is 5.56 Å². The van der Waals surface area contributed by atoms with Crippen molar-refractivity contribution in [3.05, 3.63) is 30.1 Å². The van der Waals surface area contributed by atoms with E-state index < -0.39 is 0 Å². The largest absolute Gasteiger partial charge is 1.00 e. The first kappa shape index (κ1) is 13.2. The molecule has 0 bridgehead atoms. The maximum absolute atomic E-state index is 11.4. The topological polar surface area (TPSA) is 33.0 Å². The Kier molecular flexibility index (Phi) is 4.93. The molecule has 0 radical (unpaired) electrons. The summed E-state index contributed by atoms with van der Waals surface area (Å²) in [6, 6.07) is 4.58. The summed E-state index contributed by atoms with van der Waals surface area (Å²) in [6.07, 6.45) is 6.91. The molecule has 1 N–H and O–H groups in total. The van der Waals surface area contributed by atoms with Gasteiger partial charge in [-0.2, -0.15) is 0 Å². The van der Waals surface area contributed by atoms with Crippen LogP contribution < -0.4 is 26.9 Å². The molecular formula is C12H17BrN2O. The molecule has 0 unspecified atom stereocenters. The summed E-state index contributed by atoms with van der Waals surface area (Å²) in [7, 11) is 0. The Labute approximate surface area is 107 Å². The van der Waals surface area contributed by atoms with Crippen LogP contribution in [0.25, 0.3) is 0 Å². The van der Waals surface area contributed by atoms with Crippen LogP contribution in [0.15, 0.2) is 24.5 Å². The summed E-state index contributed by atoms with van der Waals surface area (Å²) in [5, 5.41) is 2.98. The van der Waals surface area contributed by atoms with Crippen LogP contribution in [0.2, 0.25) is 0 Å². The number of aromatic nitrogens is 1. The van der Waals surface area contributed by atoms with Crippen molar-refractivity contribution in [2.45, 2.75) is 38.8 Å². The Bertz CT molecular complexity index is 347. The fourth-order valence-corrected chi connectivity index (χ4v) is 1.44. The van der Waals surface area contributed by atoms with E-state index in [1.807, 2.05) is 17.0 Å². The van der Waals surface area contributed by atoms with Crippen molar-refractivity contribution < 1.29 is 26.3 Å². The van der Waals surface area contributed by atoms with Gasteiger partial charge >= 0.3 is 0 Å².